The minimum Gasteiger partial charge on any atom is -0.343 e. The first-order valence-corrected chi connectivity index (χ1v) is 7.15. The van der Waals surface area contributed by atoms with E-state index in [1.54, 1.807) is 0 Å². The third-order valence-electron chi connectivity index (χ3n) is 3.43. The number of amides is 1. The Bertz CT molecular complexity index is 642. The number of rotatable bonds is 1. The third-order valence-corrected chi connectivity index (χ3v) is 4.41. The van der Waals surface area contributed by atoms with Crippen molar-refractivity contribution in [1.82, 2.24) is 5.32 Å². The molecule has 0 aliphatic carbocycles. The zero-order valence-corrected chi connectivity index (χ0v) is 12.3. The monoisotopic (exact) mass is 364 g/mol. The van der Waals surface area contributed by atoms with Crippen LogP contribution in [0.3, 0.4) is 0 Å². The number of nitrogens with one attached hydrogen (secondary N) is 1. The fourth-order valence-electron chi connectivity index (χ4n) is 2.46. The molecule has 2 aromatic rings. The predicted octanol–water partition coefficient (Wildman–Crippen LogP) is 2.51. The van der Waals surface area contributed by atoms with Gasteiger partial charge < -0.3 is 11.1 Å². The maximum Gasteiger partial charge on any atom is 0.242 e. The Morgan fingerprint density at radius 2 is 1.53 bits per heavy atom. The van der Waals surface area contributed by atoms with Crippen LogP contribution < -0.4 is 11.1 Å². The molecule has 3 rings (SSSR count). The van der Waals surface area contributed by atoms with Crippen molar-refractivity contribution >= 4 is 28.5 Å². The molecule has 1 amide bonds. The molecule has 3 nitrogen and oxygen atoms in total. The van der Waals surface area contributed by atoms with Gasteiger partial charge in [-0.15, -0.1) is 0 Å². The number of nitrogens with two attached hydrogens (primary N) is 1. The molecule has 4 heteroatoms. The summed E-state index contributed by atoms with van der Waals surface area (Å²) < 4.78 is 1.13. The summed E-state index contributed by atoms with van der Waals surface area (Å²) in [5.41, 5.74) is 9.06. The van der Waals surface area contributed by atoms with Crippen molar-refractivity contribution in [2.75, 3.05) is 0 Å². The second-order valence-corrected chi connectivity index (χ2v) is 5.73. The highest BCUT2D eigenvalue weighted by atomic mass is 127. The van der Waals surface area contributed by atoms with Crippen molar-refractivity contribution in [1.29, 1.82) is 0 Å². The molecule has 1 aliphatic rings. The number of fused-ring (bicyclic) bond motifs is 1. The molecule has 0 spiro atoms. The van der Waals surface area contributed by atoms with Gasteiger partial charge in [-0.05, 0) is 45.3 Å². The summed E-state index contributed by atoms with van der Waals surface area (Å²) >= 11 is 2.29. The van der Waals surface area contributed by atoms with Gasteiger partial charge in [-0.2, -0.15) is 0 Å². The number of hydrogen-bond acceptors (Lipinski definition) is 2. The molecule has 1 heterocycles. The molecule has 0 radical (unpaired) electrons. The first kappa shape index (κ1) is 12.6. The van der Waals surface area contributed by atoms with Crippen molar-refractivity contribution in [2.45, 2.75) is 12.1 Å². The summed E-state index contributed by atoms with van der Waals surface area (Å²) in [5.74, 6) is -0.122. The zero-order valence-electron chi connectivity index (χ0n) is 10.1. The van der Waals surface area contributed by atoms with Crippen LogP contribution >= 0.6 is 22.6 Å². The Labute approximate surface area is 125 Å². The first-order chi connectivity index (χ1) is 9.18. The van der Waals surface area contributed by atoms with Gasteiger partial charge in [-0.3, -0.25) is 4.79 Å². The topological polar surface area (TPSA) is 55.1 Å². The van der Waals surface area contributed by atoms with Gasteiger partial charge in [0.1, 0.15) is 6.04 Å². The van der Waals surface area contributed by atoms with Gasteiger partial charge in [0.15, 0.2) is 0 Å². The maximum atomic E-state index is 12.0. The minimum absolute atomic E-state index is 0.114. The van der Waals surface area contributed by atoms with Crippen LogP contribution in [0.25, 0.3) is 0 Å². The lowest BCUT2D eigenvalue weighted by Crippen LogP contribution is -2.42. The van der Waals surface area contributed by atoms with E-state index >= 15 is 0 Å². The Morgan fingerprint density at radius 1 is 0.947 bits per heavy atom. The highest BCUT2D eigenvalue weighted by Crippen LogP contribution is 2.34. The molecular formula is C15H13IN2O. The number of carbonyl (C=O) groups excluding carboxylic acids is 1. The van der Waals surface area contributed by atoms with E-state index in [1.807, 2.05) is 48.5 Å². The van der Waals surface area contributed by atoms with Crippen LogP contribution in [0.2, 0.25) is 0 Å². The maximum absolute atomic E-state index is 12.0. The lowest BCUT2D eigenvalue weighted by molar-refractivity contribution is -0.123. The molecule has 0 bridgehead atoms. The molecule has 0 saturated heterocycles. The first-order valence-electron chi connectivity index (χ1n) is 6.07. The molecule has 2 unspecified atom stereocenters. The van der Waals surface area contributed by atoms with Gasteiger partial charge >= 0.3 is 0 Å². The Morgan fingerprint density at radius 3 is 2.21 bits per heavy atom. The van der Waals surface area contributed by atoms with Crippen LogP contribution in [0.4, 0.5) is 0 Å². The predicted molar refractivity (Wildman–Crippen MR) is 82.5 cm³/mol. The van der Waals surface area contributed by atoms with Gasteiger partial charge in [0.05, 0.1) is 6.04 Å². The number of halogens is 1. The minimum atomic E-state index is -0.575. The largest absolute Gasteiger partial charge is 0.343 e. The smallest absolute Gasteiger partial charge is 0.242 e. The van der Waals surface area contributed by atoms with E-state index in [-0.39, 0.29) is 11.9 Å². The van der Waals surface area contributed by atoms with Gasteiger partial charge in [0, 0.05) is 3.57 Å². The summed E-state index contributed by atoms with van der Waals surface area (Å²) in [4.78, 5) is 12.0. The number of hydrogen-bond donors (Lipinski definition) is 2. The van der Waals surface area contributed by atoms with Crippen LogP contribution in [0.1, 0.15) is 28.8 Å². The molecule has 2 atom stereocenters. The summed E-state index contributed by atoms with van der Waals surface area (Å²) in [5, 5.41) is 3.01. The second kappa shape index (κ2) is 4.94. The summed E-state index contributed by atoms with van der Waals surface area (Å²) in [6.45, 7) is 0. The fourth-order valence-corrected chi connectivity index (χ4v) is 3.16. The van der Waals surface area contributed by atoms with Crippen LogP contribution in [0.15, 0.2) is 48.5 Å². The van der Waals surface area contributed by atoms with Crippen molar-refractivity contribution < 1.29 is 4.79 Å². The second-order valence-electron chi connectivity index (χ2n) is 4.57. The van der Waals surface area contributed by atoms with E-state index in [9.17, 15) is 4.79 Å². The molecule has 2 aromatic carbocycles. The quantitative estimate of drug-likeness (QED) is 0.765. The van der Waals surface area contributed by atoms with E-state index in [0.717, 1.165) is 20.3 Å². The van der Waals surface area contributed by atoms with Crippen LogP contribution in [-0.4, -0.2) is 5.91 Å². The molecule has 19 heavy (non-hydrogen) atoms. The molecule has 1 aliphatic heterocycles. The average Bonchev–Trinajstić information content (AvgIpc) is 2.44. The number of carbonyl (C=O) groups is 1. The van der Waals surface area contributed by atoms with Gasteiger partial charge in [-0.1, -0.05) is 42.5 Å². The summed E-state index contributed by atoms with van der Waals surface area (Å²) in [7, 11) is 0. The van der Waals surface area contributed by atoms with E-state index in [1.165, 1.54) is 0 Å². The van der Waals surface area contributed by atoms with Gasteiger partial charge in [-0.25, -0.2) is 0 Å². The van der Waals surface area contributed by atoms with Crippen molar-refractivity contribution in [3.05, 3.63) is 68.8 Å². The Hall–Kier alpha value is -1.40. The number of benzene rings is 2. The van der Waals surface area contributed by atoms with Gasteiger partial charge in [0.25, 0.3) is 0 Å². The highest BCUT2D eigenvalue weighted by molar-refractivity contribution is 14.1. The van der Waals surface area contributed by atoms with Gasteiger partial charge in [0.2, 0.25) is 5.91 Å². The Balaban J connectivity index is 2.16. The summed E-state index contributed by atoms with van der Waals surface area (Å²) in [6.07, 6.45) is 0. The van der Waals surface area contributed by atoms with Crippen LogP contribution in [-0.2, 0) is 4.79 Å². The molecule has 0 saturated carbocycles. The third kappa shape index (κ3) is 2.15. The van der Waals surface area contributed by atoms with E-state index < -0.39 is 6.04 Å². The zero-order chi connectivity index (χ0) is 13.4. The van der Waals surface area contributed by atoms with E-state index in [0.29, 0.717) is 0 Å². The van der Waals surface area contributed by atoms with Crippen LogP contribution in [0, 0.1) is 3.57 Å². The van der Waals surface area contributed by atoms with E-state index in [4.69, 9.17) is 5.73 Å². The lowest BCUT2D eigenvalue weighted by atomic mass is 9.87. The molecule has 0 aromatic heterocycles. The summed E-state index contributed by atoms with van der Waals surface area (Å²) in [6, 6.07) is 15.2. The normalized spacial score (nSPS) is 21.7. The van der Waals surface area contributed by atoms with Crippen molar-refractivity contribution in [3.63, 3.8) is 0 Å². The van der Waals surface area contributed by atoms with Crippen molar-refractivity contribution in [2.24, 2.45) is 5.73 Å². The standard InChI is InChI=1S/C15H13IN2O/c16-12-8-4-3-7-11(12)14-10-6-2-1-5-9(10)13(17)15(19)18-14/h1-8,13-14H,17H2,(H,18,19). The van der Waals surface area contributed by atoms with Crippen molar-refractivity contribution in [3.8, 4) is 0 Å². The average molecular weight is 364 g/mol. The molecular weight excluding hydrogens is 351 g/mol. The van der Waals surface area contributed by atoms with E-state index in [2.05, 4.69) is 27.9 Å². The molecule has 3 N–H and O–H groups in total. The Kier molecular flexibility index (Phi) is 3.28. The molecule has 0 fully saturated rings. The molecule has 96 valence electrons. The SMILES string of the molecule is NC1C(=O)NC(c2ccccc2I)c2ccccc21. The van der Waals surface area contributed by atoms with Crippen LogP contribution in [0.5, 0.6) is 0 Å². The highest BCUT2D eigenvalue weighted by Gasteiger charge is 2.31. The fraction of sp³-hybridized carbons (Fsp3) is 0.133. The lowest BCUT2D eigenvalue weighted by Gasteiger charge is -2.31.